The van der Waals surface area contributed by atoms with E-state index in [2.05, 4.69) is 40.4 Å². The molecule has 0 aromatic heterocycles. The molecule has 1 saturated heterocycles. The lowest BCUT2D eigenvalue weighted by Crippen LogP contribution is -2.49. The van der Waals surface area contributed by atoms with Crippen molar-refractivity contribution in [1.29, 1.82) is 0 Å². The lowest BCUT2D eigenvalue weighted by Gasteiger charge is -2.36. The first-order valence-corrected chi connectivity index (χ1v) is 15.3. The van der Waals surface area contributed by atoms with Crippen molar-refractivity contribution >= 4 is 28.8 Å². The monoisotopic (exact) mass is 572 g/mol. The third-order valence-corrected chi connectivity index (χ3v) is 6.68. The summed E-state index contributed by atoms with van der Waals surface area (Å²) in [5.41, 5.74) is -0.918. The van der Waals surface area contributed by atoms with Crippen LogP contribution in [0.5, 0.6) is 0 Å². The molecule has 0 amide bonds. The molecular formula is C29H56N4O5S. The second-order valence-corrected chi connectivity index (χ2v) is 15.0. The van der Waals surface area contributed by atoms with Crippen LogP contribution < -0.4 is 0 Å². The molecule has 1 rings (SSSR count). The zero-order valence-electron chi connectivity index (χ0n) is 26.4. The summed E-state index contributed by atoms with van der Waals surface area (Å²) in [4.78, 5) is 46.1. The molecule has 228 valence electrons. The molecule has 0 radical (unpaired) electrons. The van der Waals surface area contributed by atoms with E-state index in [1.165, 1.54) is 11.8 Å². The first-order chi connectivity index (χ1) is 17.8. The zero-order valence-corrected chi connectivity index (χ0v) is 27.2. The van der Waals surface area contributed by atoms with E-state index in [0.29, 0.717) is 5.75 Å². The fraction of sp³-hybridized carbons (Fsp3) is 0.897. The van der Waals surface area contributed by atoms with Crippen LogP contribution in [0.25, 0.3) is 0 Å². The maximum atomic E-state index is 12.7. The summed E-state index contributed by atoms with van der Waals surface area (Å²) in [6.45, 7) is 27.9. The van der Waals surface area contributed by atoms with E-state index in [9.17, 15) is 14.4 Å². The zero-order chi connectivity index (χ0) is 29.9. The van der Waals surface area contributed by atoms with E-state index in [4.69, 9.17) is 9.47 Å². The maximum Gasteiger partial charge on any atom is 0.320 e. The van der Waals surface area contributed by atoms with E-state index < -0.39 is 11.2 Å². The van der Waals surface area contributed by atoms with Gasteiger partial charge in [0.2, 0.25) is 0 Å². The van der Waals surface area contributed by atoms with Gasteiger partial charge in [-0.3, -0.25) is 29.1 Å². The van der Waals surface area contributed by atoms with Gasteiger partial charge in [-0.2, -0.15) is 0 Å². The van der Waals surface area contributed by atoms with Crippen LogP contribution in [0.3, 0.4) is 0 Å². The number of nitrogens with zero attached hydrogens (tertiary/aromatic N) is 4. The van der Waals surface area contributed by atoms with Crippen LogP contribution >= 0.6 is 11.8 Å². The molecule has 9 nitrogen and oxygen atoms in total. The summed E-state index contributed by atoms with van der Waals surface area (Å²) >= 11 is 1.33. The average molecular weight is 573 g/mol. The molecule has 0 aromatic carbocycles. The van der Waals surface area contributed by atoms with Gasteiger partial charge in [-0.15, -0.1) is 0 Å². The molecule has 0 aromatic rings. The van der Waals surface area contributed by atoms with Crippen LogP contribution in [0, 0.1) is 5.41 Å². The van der Waals surface area contributed by atoms with E-state index in [-0.39, 0.29) is 35.6 Å². The van der Waals surface area contributed by atoms with Crippen molar-refractivity contribution < 1.29 is 23.9 Å². The molecular weight excluding hydrogens is 516 g/mol. The lowest BCUT2D eigenvalue weighted by molar-refractivity contribution is -0.157. The van der Waals surface area contributed by atoms with Gasteiger partial charge in [0.15, 0.2) is 5.12 Å². The molecule has 0 N–H and O–H groups in total. The number of hydrogen-bond donors (Lipinski definition) is 0. The van der Waals surface area contributed by atoms with E-state index in [1.807, 2.05) is 41.5 Å². The summed E-state index contributed by atoms with van der Waals surface area (Å²) in [5.74, 6) is 0.297. The van der Waals surface area contributed by atoms with Crippen molar-refractivity contribution in [1.82, 2.24) is 19.6 Å². The normalized spacial score (nSPS) is 18.7. The second kappa shape index (κ2) is 16.3. The minimum Gasteiger partial charge on any atom is -0.459 e. The van der Waals surface area contributed by atoms with E-state index >= 15 is 0 Å². The summed E-state index contributed by atoms with van der Waals surface area (Å²) in [6.07, 6.45) is 0. The average Bonchev–Trinajstić information content (AvgIpc) is 2.71. The molecule has 39 heavy (non-hydrogen) atoms. The molecule has 0 bridgehead atoms. The standard InChI is InChI=1S/C29H56N4O5S/c1-24(34)39-20-19-30-11-13-31(21-25(35)37-28(5,6)7)15-17-33(23-27(2,3)4)18-16-32(14-12-30)22-26(36)38-29(8,9)10/h11-23H2,1-10H3. The number of esters is 2. The fourth-order valence-electron chi connectivity index (χ4n) is 4.38. The third kappa shape index (κ3) is 19.5. The van der Waals surface area contributed by atoms with Crippen LogP contribution in [-0.4, -0.2) is 132 Å². The Bertz CT molecular complexity index is 727. The predicted octanol–water partition coefficient (Wildman–Crippen LogP) is 3.22. The molecule has 1 heterocycles. The van der Waals surface area contributed by atoms with Gasteiger partial charge in [0.1, 0.15) is 11.2 Å². The van der Waals surface area contributed by atoms with Gasteiger partial charge in [0.25, 0.3) is 0 Å². The van der Waals surface area contributed by atoms with Crippen molar-refractivity contribution in [2.45, 2.75) is 80.4 Å². The fourth-order valence-corrected chi connectivity index (χ4v) is 5.02. The van der Waals surface area contributed by atoms with Gasteiger partial charge < -0.3 is 14.4 Å². The Hall–Kier alpha value is -1.20. The van der Waals surface area contributed by atoms with E-state index in [1.54, 1.807) is 6.92 Å². The Morgan fingerprint density at radius 3 is 1.31 bits per heavy atom. The van der Waals surface area contributed by atoms with Crippen molar-refractivity contribution in [3.63, 3.8) is 0 Å². The summed E-state index contributed by atoms with van der Waals surface area (Å²) in [7, 11) is 0. The van der Waals surface area contributed by atoms with Crippen LogP contribution in [0.15, 0.2) is 0 Å². The number of ether oxygens (including phenoxy) is 2. The van der Waals surface area contributed by atoms with Crippen LogP contribution in [0.1, 0.15) is 69.2 Å². The van der Waals surface area contributed by atoms with Crippen LogP contribution in [0.2, 0.25) is 0 Å². The van der Waals surface area contributed by atoms with Crippen LogP contribution in [0.4, 0.5) is 0 Å². The molecule has 1 aliphatic rings. The molecule has 0 saturated carbocycles. The minimum atomic E-state index is -0.518. The smallest absolute Gasteiger partial charge is 0.320 e. The third-order valence-electron chi connectivity index (χ3n) is 5.89. The summed E-state index contributed by atoms with van der Waals surface area (Å²) in [6, 6.07) is 0. The van der Waals surface area contributed by atoms with Gasteiger partial charge >= 0.3 is 11.9 Å². The van der Waals surface area contributed by atoms with Gasteiger partial charge in [0.05, 0.1) is 13.1 Å². The Labute approximate surface area is 242 Å². The first-order valence-electron chi connectivity index (χ1n) is 14.3. The van der Waals surface area contributed by atoms with Crippen molar-refractivity contribution in [3.8, 4) is 0 Å². The van der Waals surface area contributed by atoms with Crippen LogP contribution in [-0.2, 0) is 23.9 Å². The largest absolute Gasteiger partial charge is 0.459 e. The lowest BCUT2D eigenvalue weighted by atomic mass is 9.96. The van der Waals surface area contributed by atoms with Crippen molar-refractivity contribution in [2.24, 2.45) is 5.41 Å². The van der Waals surface area contributed by atoms with Gasteiger partial charge in [-0.25, -0.2) is 0 Å². The predicted molar refractivity (Wildman–Crippen MR) is 160 cm³/mol. The summed E-state index contributed by atoms with van der Waals surface area (Å²) < 4.78 is 11.3. The van der Waals surface area contributed by atoms with Gasteiger partial charge in [-0.05, 0) is 47.0 Å². The molecule has 0 aliphatic carbocycles. The van der Waals surface area contributed by atoms with Gasteiger partial charge in [-0.1, -0.05) is 32.5 Å². The Morgan fingerprint density at radius 2 is 0.974 bits per heavy atom. The molecule has 1 aliphatic heterocycles. The first kappa shape index (κ1) is 35.8. The number of hydrogen-bond acceptors (Lipinski definition) is 10. The molecule has 0 spiro atoms. The Morgan fingerprint density at radius 1 is 0.615 bits per heavy atom. The number of thioether (sulfide) groups is 1. The van der Waals surface area contributed by atoms with Crippen molar-refractivity contribution in [3.05, 3.63) is 0 Å². The second-order valence-electron chi connectivity index (χ2n) is 13.7. The highest BCUT2D eigenvalue weighted by molar-refractivity contribution is 8.13. The number of rotatable bonds is 8. The molecule has 10 heteroatoms. The molecule has 0 atom stereocenters. The summed E-state index contributed by atoms with van der Waals surface area (Å²) in [5, 5.41) is 0.112. The maximum absolute atomic E-state index is 12.7. The Balaban J connectivity index is 3.08. The topological polar surface area (TPSA) is 82.6 Å². The number of carbonyl (C=O) groups is 3. The number of carbonyl (C=O) groups excluding carboxylic acids is 3. The highest BCUT2D eigenvalue weighted by Gasteiger charge is 2.25. The quantitative estimate of drug-likeness (QED) is 0.405. The molecule has 0 unspecified atom stereocenters. The highest BCUT2D eigenvalue weighted by atomic mass is 32.2. The van der Waals surface area contributed by atoms with Gasteiger partial charge in [0, 0.05) is 78.1 Å². The highest BCUT2D eigenvalue weighted by Crippen LogP contribution is 2.16. The van der Waals surface area contributed by atoms with E-state index in [0.717, 1.165) is 65.4 Å². The Kier molecular flexibility index (Phi) is 15.0. The van der Waals surface area contributed by atoms with Crippen molar-refractivity contribution in [2.75, 3.05) is 84.3 Å². The SMILES string of the molecule is CC(=O)SCCN1CCN(CC(=O)OC(C)(C)C)CCN(CC(C)(C)C)CCN(CC(=O)OC(C)(C)C)CC1. The minimum absolute atomic E-state index is 0.112. The molecule has 1 fully saturated rings.